The smallest absolute Gasteiger partial charge is 0.243 e. The molecule has 0 unspecified atom stereocenters. The van der Waals surface area contributed by atoms with Crippen molar-refractivity contribution in [2.24, 2.45) is 5.92 Å². The molecule has 0 spiro atoms. The Morgan fingerprint density at radius 3 is 2.43 bits per heavy atom. The van der Waals surface area contributed by atoms with Crippen molar-refractivity contribution in [3.8, 4) is 0 Å². The number of fused-ring (bicyclic) bond motifs is 1. The van der Waals surface area contributed by atoms with E-state index >= 15 is 0 Å². The molecule has 6 heteroatoms. The Morgan fingerprint density at radius 2 is 1.64 bits per heavy atom. The fourth-order valence-corrected chi connectivity index (χ4v) is 5.18. The van der Waals surface area contributed by atoms with Crippen molar-refractivity contribution in [2.75, 3.05) is 18.4 Å². The van der Waals surface area contributed by atoms with Crippen LogP contribution in [0.3, 0.4) is 0 Å². The highest BCUT2D eigenvalue weighted by Crippen LogP contribution is 2.27. The molecule has 3 aromatic rings. The van der Waals surface area contributed by atoms with Crippen LogP contribution < -0.4 is 5.32 Å². The molecule has 1 heterocycles. The number of anilines is 1. The molecule has 1 aliphatic heterocycles. The molecule has 0 aliphatic carbocycles. The number of para-hydroxylation sites is 1. The zero-order valence-corrected chi connectivity index (χ0v) is 16.2. The molecule has 144 valence electrons. The number of carbonyl (C=O) groups excluding carboxylic acids is 1. The fourth-order valence-electron chi connectivity index (χ4n) is 3.62. The zero-order valence-electron chi connectivity index (χ0n) is 15.4. The third kappa shape index (κ3) is 3.79. The predicted molar refractivity (Wildman–Crippen MR) is 111 cm³/mol. The molecule has 1 fully saturated rings. The largest absolute Gasteiger partial charge is 0.326 e. The Bertz CT molecular complexity index is 1100. The second-order valence-electron chi connectivity index (χ2n) is 7.07. The Balaban J connectivity index is 1.53. The van der Waals surface area contributed by atoms with Crippen LogP contribution in [0, 0.1) is 5.92 Å². The van der Waals surface area contributed by atoms with Gasteiger partial charge in [-0.25, -0.2) is 8.42 Å². The van der Waals surface area contributed by atoms with Gasteiger partial charge in [-0.15, -0.1) is 0 Å². The van der Waals surface area contributed by atoms with Crippen molar-refractivity contribution in [3.63, 3.8) is 0 Å². The van der Waals surface area contributed by atoms with Crippen LogP contribution in [-0.4, -0.2) is 31.7 Å². The summed E-state index contributed by atoms with van der Waals surface area (Å²) in [6.45, 7) is 0.637. The highest BCUT2D eigenvalue weighted by atomic mass is 32.2. The Labute approximate surface area is 165 Å². The molecule has 1 atom stereocenters. The predicted octanol–water partition coefficient (Wildman–Crippen LogP) is 3.88. The van der Waals surface area contributed by atoms with E-state index in [0.717, 1.165) is 16.5 Å². The molecule has 3 aromatic carbocycles. The molecule has 5 nitrogen and oxygen atoms in total. The average molecular weight is 394 g/mol. The summed E-state index contributed by atoms with van der Waals surface area (Å²) in [5.41, 5.74) is 0.724. The van der Waals surface area contributed by atoms with Gasteiger partial charge in [-0.2, -0.15) is 4.31 Å². The van der Waals surface area contributed by atoms with E-state index in [1.54, 1.807) is 12.1 Å². The van der Waals surface area contributed by atoms with Crippen molar-refractivity contribution in [3.05, 3.63) is 72.8 Å². The van der Waals surface area contributed by atoms with Crippen LogP contribution in [-0.2, 0) is 14.8 Å². The summed E-state index contributed by atoms with van der Waals surface area (Å²) < 4.78 is 27.7. The molecule has 1 amide bonds. The van der Waals surface area contributed by atoms with Crippen LogP contribution >= 0.6 is 0 Å². The standard InChI is InChI=1S/C22H22N2O3S/c25-22(23-20-10-2-1-3-11-20)19-9-6-14-24(16-19)28(26,27)21-13-12-17-7-4-5-8-18(17)15-21/h1-5,7-8,10-13,15,19H,6,9,14,16H2,(H,23,25)/t19-/m0/s1. The zero-order chi connectivity index (χ0) is 19.6. The lowest BCUT2D eigenvalue weighted by Gasteiger charge is -2.31. The van der Waals surface area contributed by atoms with Gasteiger partial charge >= 0.3 is 0 Å². The van der Waals surface area contributed by atoms with Gasteiger partial charge in [0.05, 0.1) is 10.8 Å². The summed E-state index contributed by atoms with van der Waals surface area (Å²) in [7, 11) is -3.64. The third-order valence-corrected chi connectivity index (χ3v) is 7.02. The molecular formula is C22H22N2O3S. The van der Waals surface area contributed by atoms with Crippen LogP contribution in [0.2, 0.25) is 0 Å². The molecule has 4 rings (SSSR count). The molecule has 1 aliphatic rings. The number of benzene rings is 3. The molecule has 1 N–H and O–H groups in total. The van der Waals surface area contributed by atoms with Crippen molar-refractivity contribution >= 4 is 32.4 Å². The number of nitrogens with zero attached hydrogens (tertiary/aromatic N) is 1. The van der Waals surface area contributed by atoms with E-state index in [4.69, 9.17) is 0 Å². The number of nitrogens with one attached hydrogen (secondary N) is 1. The Hall–Kier alpha value is -2.70. The van der Waals surface area contributed by atoms with E-state index < -0.39 is 10.0 Å². The number of carbonyl (C=O) groups is 1. The van der Waals surface area contributed by atoms with E-state index in [1.807, 2.05) is 60.7 Å². The van der Waals surface area contributed by atoms with E-state index in [1.165, 1.54) is 4.31 Å². The summed E-state index contributed by atoms with van der Waals surface area (Å²) in [5, 5.41) is 4.78. The van der Waals surface area contributed by atoms with Gasteiger partial charge < -0.3 is 5.32 Å². The first-order chi connectivity index (χ1) is 13.5. The van der Waals surface area contributed by atoms with Gasteiger partial charge in [0, 0.05) is 18.8 Å². The van der Waals surface area contributed by atoms with Crippen LogP contribution in [0.1, 0.15) is 12.8 Å². The summed E-state index contributed by atoms with van der Waals surface area (Å²) >= 11 is 0. The lowest BCUT2D eigenvalue weighted by molar-refractivity contribution is -0.120. The molecular weight excluding hydrogens is 372 g/mol. The Kier molecular flexibility index (Phi) is 5.15. The molecule has 0 bridgehead atoms. The van der Waals surface area contributed by atoms with Gasteiger partial charge in [-0.1, -0.05) is 48.5 Å². The quantitative estimate of drug-likeness (QED) is 0.730. The van der Waals surface area contributed by atoms with Crippen LogP contribution in [0.15, 0.2) is 77.7 Å². The lowest BCUT2D eigenvalue weighted by atomic mass is 9.99. The summed E-state index contributed by atoms with van der Waals surface area (Å²) in [4.78, 5) is 12.9. The monoisotopic (exact) mass is 394 g/mol. The average Bonchev–Trinajstić information content (AvgIpc) is 2.74. The van der Waals surface area contributed by atoms with Gasteiger partial charge in [0.1, 0.15) is 0 Å². The first-order valence-electron chi connectivity index (χ1n) is 9.39. The Morgan fingerprint density at radius 1 is 0.929 bits per heavy atom. The maximum atomic E-state index is 13.2. The van der Waals surface area contributed by atoms with Gasteiger partial charge in [0.2, 0.25) is 15.9 Å². The van der Waals surface area contributed by atoms with Gasteiger partial charge in [-0.3, -0.25) is 4.79 Å². The number of piperidine rings is 1. The first-order valence-corrected chi connectivity index (χ1v) is 10.8. The van der Waals surface area contributed by atoms with Crippen LogP contribution in [0.5, 0.6) is 0 Å². The minimum atomic E-state index is -3.64. The minimum Gasteiger partial charge on any atom is -0.326 e. The SMILES string of the molecule is O=C(Nc1ccccc1)[C@H]1CCCN(S(=O)(=O)c2ccc3ccccc3c2)C1. The molecule has 1 saturated heterocycles. The minimum absolute atomic E-state index is 0.135. The van der Waals surface area contributed by atoms with E-state index in [9.17, 15) is 13.2 Å². The first kappa shape index (κ1) is 18.7. The van der Waals surface area contributed by atoms with Gasteiger partial charge in [-0.05, 0) is 47.9 Å². The van der Waals surface area contributed by atoms with Crippen LogP contribution in [0.4, 0.5) is 5.69 Å². The van der Waals surface area contributed by atoms with Crippen molar-refractivity contribution in [1.82, 2.24) is 4.31 Å². The normalized spacial score (nSPS) is 18.1. The van der Waals surface area contributed by atoms with Crippen molar-refractivity contribution < 1.29 is 13.2 Å². The maximum Gasteiger partial charge on any atom is 0.243 e. The topological polar surface area (TPSA) is 66.5 Å². The number of amides is 1. The maximum absolute atomic E-state index is 13.2. The highest BCUT2D eigenvalue weighted by molar-refractivity contribution is 7.89. The van der Waals surface area contributed by atoms with E-state index in [-0.39, 0.29) is 23.3 Å². The second-order valence-corrected chi connectivity index (χ2v) is 9.00. The molecule has 0 aromatic heterocycles. The van der Waals surface area contributed by atoms with E-state index in [2.05, 4.69) is 5.32 Å². The van der Waals surface area contributed by atoms with Gasteiger partial charge in [0.25, 0.3) is 0 Å². The molecule has 0 radical (unpaired) electrons. The lowest BCUT2D eigenvalue weighted by Crippen LogP contribution is -2.43. The van der Waals surface area contributed by atoms with Crippen molar-refractivity contribution in [1.29, 1.82) is 0 Å². The number of hydrogen-bond acceptors (Lipinski definition) is 3. The van der Waals surface area contributed by atoms with Crippen LogP contribution in [0.25, 0.3) is 10.8 Å². The number of rotatable bonds is 4. The van der Waals surface area contributed by atoms with Crippen molar-refractivity contribution in [2.45, 2.75) is 17.7 Å². The van der Waals surface area contributed by atoms with E-state index in [0.29, 0.717) is 19.4 Å². The molecule has 28 heavy (non-hydrogen) atoms. The fraction of sp³-hybridized carbons (Fsp3) is 0.227. The van der Waals surface area contributed by atoms with Gasteiger partial charge in [0.15, 0.2) is 0 Å². The number of hydrogen-bond donors (Lipinski definition) is 1. The second kappa shape index (κ2) is 7.73. The summed E-state index contributed by atoms with van der Waals surface area (Å²) in [6.07, 6.45) is 1.35. The highest BCUT2D eigenvalue weighted by Gasteiger charge is 2.33. The summed E-state index contributed by atoms with van der Waals surface area (Å²) in [5.74, 6) is -0.492. The molecule has 0 saturated carbocycles. The summed E-state index contributed by atoms with van der Waals surface area (Å²) in [6, 6.07) is 22.1. The third-order valence-electron chi connectivity index (χ3n) is 5.15. The number of sulfonamides is 1.